The van der Waals surface area contributed by atoms with Crippen LogP contribution in [-0.4, -0.2) is 51.1 Å². The number of benzene rings is 2. The maximum Gasteiger partial charge on any atom is 0.238 e. The molecule has 0 aliphatic rings. The largest absolute Gasteiger partial charge is 0.493 e. The number of methoxy groups -OCH3 is 2. The summed E-state index contributed by atoms with van der Waals surface area (Å²) >= 11 is 11.8. The van der Waals surface area contributed by atoms with Crippen molar-refractivity contribution in [2.24, 2.45) is 0 Å². The number of nitrogens with zero attached hydrogens (tertiary/aromatic N) is 1. The number of hydrogen-bond acceptors (Lipinski definition) is 5. The lowest BCUT2D eigenvalue weighted by atomic mass is 10.2. The van der Waals surface area contributed by atoms with Crippen LogP contribution in [0.25, 0.3) is 0 Å². The number of rotatable bonds is 9. The molecular weight excluding hydrogens is 417 g/mol. The van der Waals surface area contributed by atoms with Gasteiger partial charge in [0.1, 0.15) is 0 Å². The Balaban J connectivity index is 1.79. The van der Waals surface area contributed by atoms with E-state index in [2.05, 4.69) is 10.6 Å². The second kappa shape index (κ2) is 10.9. The molecule has 0 fully saturated rings. The van der Waals surface area contributed by atoms with Crippen LogP contribution in [0.5, 0.6) is 11.5 Å². The summed E-state index contributed by atoms with van der Waals surface area (Å²) < 4.78 is 10.4. The van der Waals surface area contributed by atoms with Gasteiger partial charge in [-0.05, 0) is 42.9 Å². The zero-order chi connectivity index (χ0) is 21.4. The van der Waals surface area contributed by atoms with Gasteiger partial charge in [0.05, 0.1) is 37.4 Å². The molecule has 156 valence electrons. The summed E-state index contributed by atoms with van der Waals surface area (Å²) in [5, 5.41) is 6.29. The van der Waals surface area contributed by atoms with Crippen molar-refractivity contribution < 1.29 is 19.1 Å². The SMILES string of the molecule is COc1ccc(CNC(=O)CN(C)CC(=O)Nc2ccc(Cl)c(Cl)c2)cc1OC. The fraction of sp³-hybridized carbons (Fsp3) is 0.300. The van der Waals surface area contributed by atoms with E-state index in [-0.39, 0.29) is 24.9 Å². The normalized spacial score (nSPS) is 10.6. The number of anilines is 1. The first kappa shape index (κ1) is 22.8. The van der Waals surface area contributed by atoms with E-state index in [1.54, 1.807) is 56.5 Å². The van der Waals surface area contributed by atoms with Crippen molar-refractivity contribution in [3.8, 4) is 11.5 Å². The number of nitrogens with one attached hydrogen (secondary N) is 2. The van der Waals surface area contributed by atoms with E-state index in [9.17, 15) is 9.59 Å². The highest BCUT2D eigenvalue weighted by atomic mass is 35.5. The van der Waals surface area contributed by atoms with Crippen LogP contribution in [0.15, 0.2) is 36.4 Å². The first-order valence-corrected chi connectivity index (χ1v) is 9.49. The Morgan fingerprint density at radius 3 is 2.28 bits per heavy atom. The maximum atomic E-state index is 12.2. The van der Waals surface area contributed by atoms with Gasteiger partial charge in [0.15, 0.2) is 11.5 Å². The summed E-state index contributed by atoms with van der Waals surface area (Å²) in [6, 6.07) is 10.2. The molecule has 0 radical (unpaired) electrons. The zero-order valence-corrected chi connectivity index (χ0v) is 17.9. The van der Waals surface area contributed by atoms with Crippen molar-refractivity contribution in [2.75, 3.05) is 39.7 Å². The van der Waals surface area contributed by atoms with Crippen LogP contribution in [0.4, 0.5) is 5.69 Å². The molecule has 2 rings (SSSR count). The lowest BCUT2D eigenvalue weighted by Crippen LogP contribution is -2.38. The molecular formula is C20H23Cl2N3O4. The first-order valence-electron chi connectivity index (χ1n) is 8.73. The van der Waals surface area contributed by atoms with Gasteiger partial charge >= 0.3 is 0 Å². The van der Waals surface area contributed by atoms with E-state index >= 15 is 0 Å². The third kappa shape index (κ3) is 7.12. The van der Waals surface area contributed by atoms with E-state index in [4.69, 9.17) is 32.7 Å². The molecule has 29 heavy (non-hydrogen) atoms. The predicted octanol–water partition coefficient (Wildman–Crippen LogP) is 3.20. The smallest absolute Gasteiger partial charge is 0.238 e. The van der Waals surface area contributed by atoms with Gasteiger partial charge < -0.3 is 20.1 Å². The maximum absolute atomic E-state index is 12.2. The molecule has 0 atom stereocenters. The third-order valence-corrected chi connectivity index (χ3v) is 4.71. The molecule has 0 bridgehead atoms. The topological polar surface area (TPSA) is 79.9 Å². The summed E-state index contributed by atoms with van der Waals surface area (Å²) in [5.41, 5.74) is 1.41. The van der Waals surface area contributed by atoms with Gasteiger partial charge in [0.25, 0.3) is 0 Å². The summed E-state index contributed by atoms with van der Waals surface area (Å²) in [4.78, 5) is 25.9. The van der Waals surface area contributed by atoms with Gasteiger partial charge in [-0.2, -0.15) is 0 Å². The van der Waals surface area contributed by atoms with Gasteiger partial charge in [-0.1, -0.05) is 29.3 Å². The number of carbonyl (C=O) groups is 2. The fourth-order valence-electron chi connectivity index (χ4n) is 2.57. The molecule has 2 aromatic rings. The molecule has 0 aliphatic heterocycles. The number of likely N-dealkylation sites (N-methyl/N-ethyl adjacent to an activating group) is 1. The Hall–Kier alpha value is -2.48. The first-order chi connectivity index (χ1) is 13.8. The minimum atomic E-state index is -0.265. The van der Waals surface area contributed by atoms with Crippen molar-refractivity contribution in [1.82, 2.24) is 10.2 Å². The van der Waals surface area contributed by atoms with Crippen molar-refractivity contribution in [3.63, 3.8) is 0 Å². The Morgan fingerprint density at radius 1 is 0.931 bits per heavy atom. The molecule has 0 aliphatic carbocycles. The number of halogens is 2. The number of amides is 2. The molecule has 0 spiro atoms. The lowest BCUT2D eigenvalue weighted by molar-refractivity contribution is -0.123. The van der Waals surface area contributed by atoms with Crippen LogP contribution in [0, 0.1) is 0 Å². The van der Waals surface area contributed by atoms with Gasteiger partial charge in [-0.3, -0.25) is 14.5 Å². The summed E-state index contributed by atoms with van der Waals surface area (Å²) in [5.74, 6) is 0.744. The minimum Gasteiger partial charge on any atom is -0.493 e. The van der Waals surface area contributed by atoms with E-state index in [0.717, 1.165) is 5.56 Å². The average molecular weight is 440 g/mol. The van der Waals surface area contributed by atoms with Gasteiger partial charge in [-0.25, -0.2) is 0 Å². The van der Waals surface area contributed by atoms with Crippen LogP contribution in [0.2, 0.25) is 10.0 Å². The van der Waals surface area contributed by atoms with Crippen molar-refractivity contribution in [3.05, 3.63) is 52.0 Å². The molecule has 0 saturated carbocycles. The molecule has 9 heteroatoms. The van der Waals surface area contributed by atoms with Crippen molar-refractivity contribution in [1.29, 1.82) is 0 Å². The molecule has 0 unspecified atom stereocenters. The molecule has 0 aromatic heterocycles. The second-order valence-corrected chi connectivity index (χ2v) is 7.13. The highest BCUT2D eigenvalue weighted by Crippen LogP contribution is 2.27. The highest BCUT2D eigenvalue weighted by molar-refractivity contribution is 6.42. The summed E-state index contributed by atoms with van der Waals surface area (Å²) in [7, 11) is 4.80. The van der Waals surface area contributed by atoms with Crippen LogP contribution in [0.1, 0.15) is 5.56 Å². The molecule has 2 amide bonds. The van der Waals surface area contributed by atoms with Crippen molar-refractivity contribution >= 4 is 40.7 Å². The molecule has 2 N–H and O–H groups in total. The summed E-state index contributed by atoms with van der Waals surface area (Å²) in [6.07, 6.45) is 0. The average Bonchev–Trinajstić information content (AvgIpc) is 2.68. The minimum absolute atomic E-state index is 0.0457. The summed E-state index contributed by atoms with van der Waals surface area (Å²) in [6.45, 7) is 0.453. The Kier molecular flexibility index (Phi) is 8.57. The number of ether oxygens (including phenoxy) is 2. The Labute approximate surface area is 179 Å². The van der Waals surface area contributed by atoms with Crippen LogP contribution < -0.4 is 20.1 Å². The molecule has 7 nitrogen and oxygen atoms in total. The molecule has 2 aromatic carbocycles. The van der Waals surface area contributed by atoms with Crippen LogP contribution in [-0.2, 0) is 16.1 Å². The quantitative estimate of drug-likeness (QED) is 0.626. The van der Waals surface area contributed by atoms with Crippen molar-refractivity contribution in [2.45, 2.75) is 6.54 Å². The number of carbonyl (C=O) groups excluding carboxylic acids is 2. The standard InChI is InChI=1S/C20H23Cl2N3O4/c1-25(12-20(27)24-14-5-6-15(21)16(22)9-14)11-19(26)23-10-13-4-7-17(28-2)18(8-13)29-3/h4-9H,10-12H2,1-3H3,(H,23,26)(H,24,27). The van der Waals surface area contributed by atoms with Gasteiger partial charge in [0.2, 0.25) is 11.8 Å². The van der Waals surface area contributed by atoms with E-state index < -0.39 is 0 Å². The lowest BCUT2D eigenvalue weighted by Gasteiger charge is -2.16. The fourth-order valence-corrected chi connectivity index (χ4v) is 2.87. The van der Waals surface area contributed by atoms with Gasteiger partial charge in [-0.15, -0.1) is 0 Å². The van der Waals surface area contributed by atoms with E-state index in [0.29, 0.717) is 33.8 Å². The Bertz CT molecular complexity index is 877. The third-order valence-electron chi connectivity index (χ3n) is 3.97. The monoisotopic (exact) mass is 439 g/mol. The van der Waals surface area contributed by atoms with Crippen LogP contribution >= 0.6 is 23.2 Å². The Morgan fingerprint density at radius 2 is 1.62 bits per heavy atom. The molecule has 0 saturated heterocycles. The molecule has 0 heterocycles. The number of hydrogen-bond donors (Lipinski definition) is 2. The van der Waals surface area contributed by atoms with Crippen LogP contribution in [0.3, 0.4) is 0 Å². The van der Waals surface area contributed by atoms with Gasteiger partial charge in [0, 0.05) is 12.2 Å². The highest BCUT2D eigenvalue weighted by Gasteiger charge is 2.12. The predicted molar refractivity (Wildman–Crippen MR) is 114 cm³/mol. The van der Waals surface area contributed by atoms with E-state index in [1.165, 1.54) is 0 Å². The van der Waals surface area contributed by atoms with E-state index in [1.807, 2.05) is 6.07 Å². The second-order valence-electron chi connectivity index (χ2n) is 6.32. The zero-order valence-electron chi connectivity index (χ0n) is 16.4.